The number of nitrogens with one attached hydrogen (secondary N) is 2. The first kappa shape index (κ1) is 11.7. The lowest BCUT2D eigenvalue weighted by molar-refractivity contribution is 0.0945. The summed E-state index contributed by atoms with van der Waals surface area (Å²) in [5.41, 5.74) is 3.74. The number of carbonyl (C=O) groups is 1. The molecule has 1 amide bonds. The summed E-state index contributed by atoms with van der Waals surface area (Å²) < 4.78 is 0. The summed E-state index contributed by atoms with van der Waals surface area (Å²) in [6.07, 6.45) is 3.43. The molecule has 96 valence electrons. The van der Waals surface area contributed by atoms with Crippen LogP contribution in [0.25, 0.3) is 0 Å². The fourth-order valence-electron chi connectivity index (χ4n) is 2.52. The molecule has 1 saturated carbocycles. The Labute approximate surface area is 108 Å². The van der Waals surface area contributed by atoms with Gasteiger partial charge < -0.3 is 10.6 Å². The zero-order valence-electron chi connectivity index (χ0n) is 10.9. The molecule has 2 N–H and O–H groups in total. The van der Waals surface area contributed by atoms with Crippen molar-refractivity contribution in [3.8, 4) is 0 Å². The van der Waals surface area contributed by atoms with E-state index in [0.717, 1.165) is 31.6 Å². The van der Waals surface area contributed by atoms with Crippen molar-refractivity contribution < 1.29 is 4.79 Å². The Balaban J connectivity index is 1.76. The molecule has 1 fully saturated rings. The Morgan fingerprint density at radius 2 is 2.28 bits per heavy atom. The molecule has 1 aromatic rings. The Bertz CT molecular complexity index is 477. The molecule has 0 aromatic heterocycles. The highest BCUT2D eigenvalue weighted by molar-refractivity contribution is 5.96. The van der Waals surface area contributed by atoms with E-state index in [-0.39, 0.29) is 5.91 Å². The molecule has 0 bridgehead atoms. The van der Waals surface area contributed by atoms with Crippen molar-refractivity contribution in [2.75, 3.05) is 13.1 Å². The molecule has 3 heteroatoms. The minimum Gasteiger partial charge on any atom is -0.351 e. The Morgan fingerprint density at radius 1 is 1.44 bits per heavy atom. The van der Waals surface area contributed by atoms with Gasteiger partial charge in [-0.1, -0.05) is 19.1 Å². The van der Waals surface area contributed by atoms with Gasteiger partial charge in [0.25, 0.3) is 5.91 Å². The molecule has 0 spiro atoms. The fourth-order valence-corrected chi connectivity index (χ4v) is 2.52. The highest BCUT2D eigenvalue weighted by atomic mass is 16.1. The molecule has 3 rings (SSSR count). The van der Waals surface area contributed by atoms with Crippen LogP contribution in [-0.4, -0.2) is 19.0 Å². The molecule has 2 aliphatic rings. The fraction of sp³-hybridized carbons (Fsp3) is 0.533. The molecule has 1 aromatic carbocycles. The van der Waals surface area contributed by atoms with Crippen LogP contribution >= 0.6 is 0 Å². The second-order valence-electron chi connectivity index (χ2n) is 5.86. The van der Waals surface area contributed by atoms with E-state index in [0.29, 0.717) is 5.41 Å². The van der Waals surface area contributed by atoms with E-state index >= 15 is 0 Å². The van der Waals surface area contributed by atoms with Gasteiger partial charge in [0, 0.05) is 18.7 Å². The SMILES string of the molecule is CC1(CNC(=O)c2cccc3c2CCNC3)CC1. The van der Waals surface area contributed by atoms with Crippen LogP contribution in [0.1, 0.15) is 41.3 Å². The van der Waals surface area contributed by atoms with Crippen LogP contribution in [0.2, 0.25) is 0 Å². The molecule has 1 aliphatic heterocycles. The largest absolute Gasteiger partial charge is 0.351 e. The lowest BCUT2D eigenvalue weighted by Gasteiger charge is -2.20. The van der Waals surface area contributed by atoms with Gasteiger partial charge >= 0.3 is 0 Å². The summed E-state index contributed by atoms with van der Waals surface area (Å²) in [7, 11) is 0. The van der Waals surface area contributed by atoms with Gasteiger partial charge in [0.05, 0.1) is 0 Å². The van der Waals surface area contributed by atoms with Gasteiger partial charge in [0.2, 0.25) is 0 Å². The Morgan fingerprint density at radius 3 is 3.06 bits per heavy atom. The van der Waals surface area contributed by atoms with Crippen LogP contribution < -0.4 is 10.6 Å². The first-order valence-corrected chi connectivity index (χ1v) is 6.78. The van der Waals surface area contributed by atoms with E-state index in [1.165, 1.54) is 24.0 Å². The van der Waals surface area contributed by atoms with Crippen LogP contribution in [0.4, 0.5) is 0 Å². The normalized spacial score (nSPS) is 20.1. The van der Waals surface area contributed by atoms with Gasteiger partial charge in [-0.2, -0.15) is 0 Å². The molecular formula is C15H20N2O. The van der Waals surface area contributed by atoms with Crippen molar-refractivity contribution in [3.63, 3.8) is 0 Å². The van der Waals surface area contributed by atoms with E-state index in [1.807, 2.05) is 12.1 Å². The summed E-state index contributed by atoms with van der Waals surface area (Å²) in [4.78, 5) is 12.3. The number of fused-ring (bicyclic) bond motifs is 1. The zero-order chi connectivity index (χ0) is 12.6. The van der Waals surface area contributed by atoms with Gasteiger partial charge in [0.15, 0.2) is 0 Å². The lowest BCUT2D eigenvalue weighted by atomic mass is 9.95. The molecule has 3 nitrogen and oxygen atoms in total. The summed E-state index contributed by atoms with van der Waals surface area (Å²) in [6.45, 7) is 4.90. The average Bonchev–Trinajstić information content (AvgIpc) is 3.14. The predicted molar refractivity (Wildman–Crippen MR) is 71.5 cm³/mol. The zero-order valence-corrected chi connectivity index (χ0v) is 10.9. The summed E-state index contributed by atoms with van der Waals surface area (Å²) in [6, 6.07) is 6.05. The van der Waals surface area contributed by atoms with E-state index < -0.39 is 0 Å². The van der Waals surface area contributed by atoms with Crippen LogP contribution in [0.5, 0.6) is 0 Å². The summed E-state index contributed by atoms with van der Waals surface area (Å²) >= 11 is 0. The van der Waals surface area contributed by atoms with Crippen molar-refractivity contribution in [1.82, 2.24) is 10.6 Å². The second kappa shape index (κ2) is 4.39. The lowest BCUT2D eigenvalue weighted by Crippen LogP contribution is -2.32. The maximum Gasteiger partial charge on any atom is 0.251 e. The summed E-state index contributed by atoms with van der Waals surface area (Å²) in [5, 5.41) is 6.43. The van der Waals surface area contributed by atoms with Gasteiger partial charge in [-0.25, -0.2) is 0 Å². The number of hydrogen-bond acceptors (Lipinski definition) is 2. The number of hydrogen-bond donors (Lipinski definition) is 2. The van der Waals surface area contributed by atoms with Gasteiger partial charge in [0.1, 0.15) is 0 Å². The second-order valence-corrected chi connectivity index (χ2v) is 5.86. The van der Waals surface area contributed by atoms with Crippen molar-refractivity contribution in [2.45, 2.75) is 32.7 Å². The van der Waals surface area contributed by atoms with E-state index in [1.54, 1.807) is 0 Å². The Kier molecular flexibility index (Phi) is 2.86. The monoisotopic (exact) mass is 244 g/mol. The molecule has 0 radical (unpaired) electrons. The number of benzene rings is 1. The minimum absolute atomic E-state index is 0.0990. The van der Waals surface area contributed by atoms with Crippen molar-refractivity contribution in [3.05, 3.63) is 34.9 Å². The number of amides is 1. The smallest absolute Gasteiger partial charge is 0.251 e. The van der Waals surface area contributed by atoms with Gasteiger partial charge in [-0.15, -0.1) is 0 Å². The molecule has 18 heavy (non-hydrogen) atoms. The summed E-state index contributed by atoms with van der Waals surface area (Å²) in [5.74, 6) is 0.0990. The predicted octanol–water partition coefficient (Wildman–Crippen LogP) is 1.86. The van der Waals surface area contributed by atoms with E-state index in [2.05, 4.69) is 23.6 Å². The van der Waals surface area contributed by atoms with E-state index in [4.69, 9.17) is 0 Å². The van der Waals surface area contributed by atoms with Crippen molar-refractivity contribution in [2.24, 2.45) is 5.41 Å². The molecule has 1 aliphatic carbocycles. The van der Waals surface area contributed by atoms with Crippen molar-refractivity contribution in [1.29, 1.82) is 0 Å². The number of carbonyl (C=O) groups excluding carboxylic acids is 1. The van der Waals surface area contributed by atoms with Crippen molar-refractivity contribution >= 4 is 5.91 Å². The minimum atomic E-state index is 0.0990. The Hall–Kier alpha value is -1.35. The number of rotatable bonds is 3. The third kappa shape index (κ3) is 2.27. The topological polar surface area (TPSA) is 41.1 Å². The highest BCUT2D eigenvalue weighted by Crippen LogP contribution is 2.44. The third-order valence-electron chi connectivity index (χ3n) is 4.16. The molecule has 1 heterocycles. The molecular weight excluding hydrogens is 224 g/mol. The van der Waals surface area contributed by atoms with Crippen LogP contribution in [0, 0.1) is 5.41 Å². The standard InChI is InChI=1S/C15H20N2O/c1-15(6-7-15)10-17-14(18)13-4-2-3-11-9-16-8-5-12(11)13/h2-4,16H,5-10H2,1H3,(H,17,18). The maximum atomic E-state index is 12.3. The molecule has 0 atom stereocenters. The average molecular weight is 244 g/mol. The first-order valence-electron chi connectivity index (χ1n) is 6.78. The van der Waals surface area contributed by atoms with Crippen LogP contribution in [-0.2, 0) is 13.0 Å². The van der Waals surface area contributed by atoms with Crippen LogP contribution in [0.3, 0.4) is 0 Å². The molecule has 0 unspecified atom stereocenters. The quantitative estimate of drug-likeness (QED) is 0.852. The molecule has 0 saturated heterocycles. The first-order chi connectivity index (χ1) is 8.68. The maximum absolute atomic E-state index is 12.3. The van der Waals surface area contributed by atoms with Gasteiger partial charge in [-0.3, -0.25) is 4.79 Å². The highest BCUT2D eigenvalue weighted by Gasteiger charge is 2.37. The van der Waals surface area contributed by atoms with Crippen LogP contribution in [0.15, 0.2) is 18.2 Å². The van der Waals surface area contributed by atoms with Gasteiger partial charge in [-0.05, 0) is 48.4 Å². The van der Waals surface area contributed by atoms with E-state index in [9.17, 15) is 4.79 Å². The third-order valence-corrected chi connectivity index (χ3v) is 4.16.